The number of hydrogen-bond acceptors (Lipinski definition) is 4. The van der Waals surface area contributed by atoms with Gasteiger partial charge >= 0.3 is 0 Å². The summed E-state index contributed by atoms with van der Waals surface area (Å²) in [5, 5.41) is 19.0. The van der Waals surface area contributed by atoms with Crippen molar-refractivity contribution in [3.63, 3.8) is 0 Å². The molecule has 0 fully saturated rings. The molecule has 4 rings (SSSR count). The number of ketones is 1. The number of Topliss-reactive ketones (excluding diaryl/α,β-unsaturated/α-hetero) is 1. The lowest BCUT2D eigenvalue weighted by Crippen LogP contribution is -2.26. The fourth-order valence-electron chi connectivity index (χ4n) is 4.60. The minimum Gasteiger partial charge on any atom is -0.512 e. The number of carbonyl (C=O) groups is 1. The van der Waals surface area contributed by atoms with Crippen LogP contribution in [0.2, 0.25) is 0 Å². The SMILES string of the molecule is Cc1cc(C)c(C2=C(O)CC(C(C)n3cc(-c4ccc(F)c(F)c4)nn3)CC2=O)c(C)c1. The summed E-state index contributed by atoms with van der Waals surface area (Å²) in [7, 11) is 0. The molecule has 0 bridgehead atoms. The molecule has 1 N–H and O–H groups in total. The van der Waals surface area contributed by atoms with Gasteiger partial charge in [0.1, 0.15) is 11.5 Å². The van der Waals surface area contributed by atoms with Gasteiger partial charge in [0.25, 0.3) is 0 Å². The van der Waals surface area contributed by atoms with Gasteiger partial charge in [-0.2, -0.15) is 0 Å². The molecule has 166 valence electrons. The summed E-state index contributed by atoms with van der Waals surface area (Å²) in [5.41, 5.74) is 5.09. The molecule has 2 unspecified atom stereocenters. The normalized spacial score (nSPS) is 17.7. The first kappa shape index (κ1) is 21.9. The highest BCUT2D eigenvalue weighted by molar-refractivity contribution is 6.22. The molecule has 0 spiro atoms. The van der Waals surface area contributed by atoms with E-state index in [-0.39, 0.29) is 29.9 Å². The van der Waals surface area contributed by atoms with Gasteiger partial charge in [0.2, 0.25) is 0 Å². The second-order valence-corrected chi connectivity index (χ2v) is 8.64. The Morgan fingerprint density at radius 2 is 1.75 bits per heavy atom. The van der Waals surface area contributed by atoms with Crippen LogP contribution in [0, 0.1) is 38.3 Å². The molecule has 0 amide bonds. The number of nitrogens with zero attached hydrogens (tertiary/aromatic N) is 3. The number of aliphatic hydroxyl groups is 1. The van der Waals surface area contributed by atoms with Crippen LogP contribution in [0.25, 0.3) is 16.8 Å². The van der Waals surface area contributed by atoms with E-state index in [9.17, 15) is 18.7 Å². The molecule has 3 aromatic rings. The summed E-state index contributed by atoms with van der Waals surface area (Å²) in [5.74, 6) is -2.05. The third kappa shape index (κ3) is 3.95. The van der Waals surface area contributed by atoms with Crippen molar-refractivity contribution in [3.8, 4) is 11.3 Å². The molecule has 0 aliphatic heterocycles. The molecule has 2 aromatic carbocycles. The van der Waals surface area contributed by atoms with Crippen LogP contribution in [-0.2, 0) is 4.79 Å². The highest BCUT2D eigenvalue weighted by atomic mass is 19.2. The van der Waals surface area contributed by atoms with Gasteiger partial charge in [-0.15, -0.1) is 5.10 Å². The summed E-state index contributed by atoms with van der Waals surface area (Å²) in [6.45, 7) is 7.81. The Hall–Kier alpha value is -3.35. The van der Waals surface area contributed by atoms with Crippen molar-refractivity contribution in [2.45, 2.75) is 46.6 Å². The lowest BCUT2D eigenvalue weighted by molar-refractivity contribution is -0.115. The highest BCUT2D eigenvalue weighted by Crippen LogP contribution is 2.39. The van der Waals surface area contributed by atoms with E-state index in [1.165, 1.54) is 6.07 Å². The van der Waals surface area contributed by atoms with E-state index in [2.05, 4.69) is 10.3 Å². The lowest BCUT2D eigenvalue weighted by Gasteiger charge is -2.29. The van der Waals surface area contributed by atoms with Gasteiger partial charge < -0.3 is 5.11 Å². The van der Waals surface area contributed by atoms with Gasteiger partial charge in [-0.1, -0.05) is 22.9 Å². The smallest absolute Gasteiger partial charge is 0.167 e. The molecule has 1 aliphatic rings. The number of aliphatic hydroxyl groups excluding tert-OH is 1. The van der Waals surface area contributed by atoms with E-state index < -0.39 is 11.6 Å². The Labute approximate surface area is 185 Å². The molecule has 1 heterocycles. The number of benzene rings is 2. The second-order valence-electron chi connectivity index (χ2n) is 8.64. The van der Waals surface area contributed by atoms with Crippen molar-refractivity contribution < 1.29 is 18.7 Å². The fourth-order valence-corrected chi connectivity index (χ4v) is 4.60. The minimum atomic E-state index is -0.952. The maximum absolute atomic E-state index is 13.6. The molecular formula is C25H25F2N3O2. The molecule has 1 aliphatic carbocycles. The van der Waals surface area contributed by atoms with Gasteiger partial charge in [0.05, 0.1) is 17.8 Å². The van der Waals surface area contributed by atoms with E-state index in [1.807, 2.05) is 39.8 Å². The molecule has 5 nitrogen and oxygen atoms in total. The summed E-state index contributed by atoms with van der Waals surface area (Å²) in [6.07, 6.45) is 2.26. The number of allylic oxidation sites excluding steroid dienone is 2. The van der Waals surface area contributed by atoms with Crippen LogP contribution in [0.1, 0.15) is 48.1 Å². The lowest BCUT2D eigenvalue weighted by atomic mass is 9.79. The highest BCUT2D eigenvalue weighted by Gasteiger charge is 2.34. The molecule has 0 saturated carbocycles. The summed E-state index contributed by atoms with van der Waals surface area (Å²) in [4.78, 5) is 13.1. The number of carbonyl (C=O) groups excluding carboxylic acids is 1. The molecular weight excluding hydrogens is 412 g/mol. The van der Waals surface area contributed by atoms with E-state index in [1.54, 1.807) is 10.9 Å². The molecule has 2 atom stereocenters. The monoisotopic (exact) mass is 437 g/mol. The predicted octanol–water partition coefficient (Wildman–Crippen LogP) is 5.66. The minimum absolute atomic E-state index is 0.0918. The van der Waals surface area contributed by atoms with Crippen LogP contribution in [0.3, 0.4) is 0 Å². The van der Waals surface area contributed by atoms with Gasteiger partial charge in [-0.05, 0) is 68.5 Å². The number of rotatable bonds is 4. The van der Waals surface area contributed by atoms with Crippen molar-refractivity contribution >= 4 is 11.4 Å². The summed E-state index contributed by atoms with van der Waals surface area (Å²) in [6, 6.07) is 7.36. The molecule has 7 heteroatoms. The first-order chi connectivity index (χ1) is 15.2. The first-order valence-corrected chi connectivity index (χ1v) is 10.6. The van der Waals surface area contributed by atoms with E-state index >= 15 is 0 Å². The first-order valence-electron chi connectivity index (χ1n) is 10.6. The third-order valence-corrected chi connectivity index (χ3v) is 6.22. The van der Waals surface area contributed by atoms with Gasteiger partial charge in [-0.25, -0.2) is 13.5 Å². The molecule has 0 radical (unpaired) electrons. The molecule has 32 heavy (non-hydrogen) atoms. The largest absolute Gasteiger partial charge is 0.512 e. The average Bonchev–Trinajstić information content (AvgIpc) is 3.21. The Morgan fingerprint density at radius 3 is 2.38 bits per heavy atom. The van der Waals surface area contributed by atoms with Crippen LogP contribution >= 0.6 is 0 Å². The third-order valence-electron chi connectivity index (χ3n) is 6.22. The zero-order chi connectivity index (χ0) is 23.2. The standard InChI is InChI=1S/C25H25F2N3O2/c1-13-7-14(2)24(15(3)8-13)25-22(31)10-18(11-23(25)32)16(4)30-12-21(28-29-30)17-5-6-19(26)20(27)9-17/h5-9,12,16,18,31H,10-11H2,1-4H3. The van der Waals surface area contributed by atoms with Crippen LogP contribution < -0.4 is 0 Å². The van der Waals surface area contributed by atoms with Gasteiger partial charge in [-0.3, -0.25) is 4.79 Å². The van der Waals surface area contributed by atoms with Crippen molar-refractivity contribution in [1.82, 2.24) is 15.0 Å². The van der Waals surface area contributed by atoms with Crippen LogP contribution in [0.5, 0.6) is 0 Å². The number of aryl methyl sites for hydroxylation is 3. The number of aromatic nitrogens is 3. The van der Waals surface area contributed by atoms with Gasteiger partial charge in [0, 0.05) is 18.4 Å². The van der Waals surface area contributed by atoms with E-state index in [0.717, 1.165) is 34.4 Å². The number of hydrogen-bond donors (Lipinski definition) is 1. The van der Waals surface area contributed by atoms with Crippen molar-refractivity contribution in [2.75, 3.05) is 0 Å². The summed E-state index contributed by atoms with van der Waals surface area (Å²) < 4.78 is 28.4. The maximum atomic E-state index is 13.6. The predicted molar refractivity (Wildman–Crippen MR) is 118 cm³/mol. The Bertz CT molecular complexity index is 1220. The average molecular weight is 437 g/mol. The van der Waals surface area contributed by atoms with E-state index in [4.69, 9.17) is 0 Å². The van der Waals surface area contributed by atoms with Crippen molar-refractivity contribution in [1.29, 1.82) is 0 Å². The number of halogens is 2. The van der Waals surface area contributed by atoms with Crippen molar-refractivity contribution in [2.24, 2.45) is 5.92 Å². The van der Waals surface area contributed by atoms with Gasteiger partial charge in [0.15, 0.2) is 17.4 Å². The topological polar surface area (TPSA) is 68.0 Å². The zero-order valence-corrected chi connectivity index (χ0v) is 18.5. The van der Waals surface area contributed by atoms with Crippen LogP contribution in [-0.4, -0.2) is 25.9 Å². The zero-order valence-electron chi connectivity index (χ0n) is 18.5. The maximum Gasteiger partial charge on any atom is 0.167 e. The fraction of sp³-hybridized carbons (Fsp3) is 0.320. The Balaban J connectivity index is 1.60. The van der Waals surface area contributed by atoms with E-state index in [0.29, 0.717) is 23.3 Å². The molecule has 1 aromatic heterocycles. The van der Waals surface area contributed by atoms with Crippen LogP contribution in [0.4, 0.5) is 8.78 Å². The Kier molecular flexibility index (Phi) is 5.67. The quantitative estimate of drug-likeness (QED) is 0.572. The second kappa shape index (κ2) is 8.30. The van der Waals surface area contributed by atoms with Crippen molar-refractivity contribution in [3.05, 3.63) is 76.2 Å². The van der Waals surface area contributed by atoms with Crippen LogP contribution in [0.15, 0.2) is 42.3 Å². The summed E-state index contributed by atoms with van der Waals surface area (Å²) >= 11 is 0. The molecule has 0 saturated heterocycles. The Morgan fingerprint density at radius 1 is 1.06 bits per heavy atom.